The third-order valence-electron chi connectivity index (χ3n) is 4.42. The molecular formula is C20H17F4N5O3S. The summed E-state index contributed by atoms with van der Waals surface area (Å²) in [7, 11) is 0. The fourth-order valence-electron chi connectivity index (χ4n) is 2.91. The molecule has 1 amide bonds. The molecule has 0 fully saturated rings. The van der Waals surface area contributed by atoms with Gasteiger partial charge in [-0.3, -0.25) is 19.5 Å². The summed E-state index contributed by atoms with van der Waals surface area (Å²) >= 11 is 0.769. The number of carbonyl (C=O) groups excluding carboxylic acids is 1. The third-order valence-corrected chi connectivity index (χ3v) is 5.43. The minimum absolute atomic E-state index is 0.0615. The SMILES string of the molecule is CC(=O)NCCCc1nnc(Sc2ccc(C(F)(F)F)cc2[N+](=O)[O-])n1-c1ccc(F)cc1. The maximum absolute atomic E-state index is 13.4. The zero-order chi connectivity index (χ0) is 24.2. The molecule has 8 nitrogen and oxygen atoms in total. The molecule has 2 aromatic carbocycles. The Labute approximate surface area is 189 Å². The van der Waals surface area contributed by atoms with Gasteiger partial charge in [-0.05, 0) is 54.6 Å². The van der Waals surface area contributed by atoms with E-state index in [0.717, 1.165) is 23.9 Å². The van der Waals surface area contributed by atoms with Gasteiger partial charge in [0.05, 0.1) is 15.4 Å². The number of nitrogens with zero attached hydrogens (tertiary/aromatic N) is 4. The van der Waals surface area contributed by atoms with Crippen LogP contribution in [-0.4, -0.2) is 32.1 Å². The smallest absolute Gasteiger partial charge is 0.356 e. The van der Waals surface area contributed by atoms with Crippen LogP contribution in [0.15, 0.2) is 52.5 Å². The van der Waals surface area contributed by atoms with E-state index >= 15 is 0 Å². The van der Waals surface area contributed by atoms with Crippen molar-refractivity contribution in [1.82, 2.24) is 20.1 Å². The van der Waals surface area contributed by atoms with E-state index in [9.17, 15) is 32.5 Å². The first-order valence-electron chi connectivity index (χ1n) is 9.54. The first-order valence-corrected chi connectivity index (χ1v) is 10.4. The Hall–Kier alpha value is -3.48. The molecule has 13 heteroatoms. The van der Waals surface area contributed by atoms with E-state index in [2.05, 4.69) is 15.5 Å². The van der Waals surface area contributed by atoms with Crippen molar-refractivity contribution in [2.24, 2.45) is 0 Å². The molecule has 3 rings (SSSR count). The Bertz CT molecular complexity index is 1170. The van der Waals surface area contributed by atoms with Gasteiger partial charge in [0.1, 0.15) is 11.6 Å². The molecule has 0 bridgehead atoms. The topological polar surface area (TPSA) is 103 Å². The number of halogens is 4. The molecule has 0 aliphatic carbocycles. The normalized spacial score (nSPS) is 11.4. The summed E-state index contributed by atoms with van der Waals surface area (Å²) in [6, 6.07) is 7.57. The van der Waals surface area contributed by atoms with Gasteiger partial charge in [-0.2, -0.15) is 13.2 Å². The Morgan fingerprint density at radius 3 is 2.48 bits per heavy atom. The molecule has 0 spiro atoms. The number of nitrogens with one attached hydrogen (secondary N) is 1. The monoisotopic (exact) mass is 483 g/mol. The van der Waals surface area contributed by atoms with Gasteiger partial charge >= 0.3 is 6.18 Å². The highest BCUT2D eigenvalue weighted by atomic mass is 32.2. The van der Waals surface area contributed by atoms with Gasteiger partial charge in [0.2, 0.25) is 11.1 Å². The lowest BCUT2D eigenvalue weighted by Gasteiger charge is -2.11. The highest BCUT2D eigenvalue weighted by Crippen LogP contribution is 2.39. The number of alkyl halides is 3. The highest BCUT2D eigenvalue weighted by Gasteiger charge is 2.33. The largest absolute Gasteiger partial charge is 0.416 e. The first-order chi connectivity index (χ1) is 15.6. The molecule has 0 saturated carbocycles. The maximum Gasteiger partial charge on any atom is 0.416 e. The fourth-order valence-corrected chi connectivity index (χ4v) is 3.86. The number of hydrogen-bond donors (Lipinski definition) is 1. The van der Waals surface area contributed by atoms with Crippen LogP contribution in [-0.2, 0) is 17.4 Å². The van der Waals surface area contributed by atoms with Crippen LogP contribution < -0.4 is 5.32 Å². The summed E-state index contributed by atoms with van der Waals surface area (Å²) in [5.74, 6) is -0.239. The highest BCUT2D eigenvalue weighted by molar-refractivity contribution is 7.99. The minimum atomic E-state index is -4.73. The number of rotatable bonds is 8. The van der Waals surface area contributed by atoms with Gasteiger partial charge in [-0.25, -0.2) is 4.39 Å². The van der Waals surface area contributed by atoms with Crippen LogP contribution in [0.1, 0.15) is 24.7 Å². The van der Waals surface area contributed by atoms with Crippen molar-refractivity contribution in [3.63, 3.8) is 0 Å². The Kier molecular flexibility index (Phi) is 7.31. The van der Waals surface area contributed by atoms with Crippen LogP contribution in [0.4, 0.5) is 23.2 Å². The van der Waals surface area contributed by atoms with E-state index < -0.39 is 28.2 Å². The number of hydrogen-bond acceptors (Lipinski definition) is 6. The van der Waals surface area contributed by atoms with E-state index in [1.54, 1.807) is 4.57 Å². The average Bonchev–Trinajstić information content (AvgIpc) is 3.13. The summed E-state index contributed by atoms with van der Waals surface area (Å²) in [5, 5.41) is 22.4. The van der Waals surface area contributed by atoms with Crippen LogP contribution in [0.5, 0.6) is 0 Å². The summed E-state index contributed by atoms with van der Waals surface area (Å²) in [4.78, 5) is 21.5. The molecule has 0 aliphatic heterocycles. The van der Waals surface area contributed by atoms with E-state index in [1.807, 2.05) is 0 Å². The fraction of sp³-hybridized carbons (Fsp3) is 0.250. The number of amides is 1. The predicted molar refractivity (Wildman–Crippen MR) is 111 cm³/mol. The Morgan fingerprint density at radius 2 is 1.88 bits per heavy atom. The number of aromatic nitrogens is 3. The lowest BCUT2D eigenvalue weighted by atomic mass is 10.2. The van der Waals surface area contributed by atoms with E-state index in [-0.39, 0.29) is 16.0 Å². The van der Waals surface area contributed by atoms with Crippen molar-refractivity contribution in [1.29, 1.82) is 0 Å². The molecule has 0 aliphatic rings. The molecular weight excluding hydrogens is 466 g/mol. The molecule has 0 atom stereocenters. The first kappa shape index (κ1) is 24.2. The Morgan fingerprint density at radius 1 is 1.18 bits per heavy atom. The van der Waals surface area contributed by atoms with Gasteiger partial charge in [0.15, 0.2) is 0 Å². The van der Waals surface area contributed by atoms with Crippen molar-refractivity contribution in [2.75, 3.05) is 6.54 Å². The number of nitro groups is 1. The van der Waals surface area contributed by atoms with Crippen LogP contribution in [0.25, 0.3) is 5.69 Å². The van der Waals surface area contributed by atoms with E-state index in [1.165, 1.54) is 31.2 Å². The number of carbonyl (C=O) groups is 1. The molecule has 1 aromatic heterocycles. The van der Waals surface area contributed by atoms with Gasteiger partial charge in [-0.1, -0.05) is 0 Å². The number of nitro benzene ring substituents is 1. The zero-order valence-electron chi connectivity index (χ0n) is 17.1. The third kappa shape index (κ3) is 6.06. The van der Waals surface area contributed by atoms with Crippen molar-refractivity contribution in [2.45, 2.75) is 36.0 Å². The van der Waals surface area contributed by atoms with E-state index in [0.29, 0.717) is 37.0 Å². The van der Waals surface area contributed by atoms with Crippen molar-refractivity contribution < 1.29 is 27.3 Å². The molecule has 1 N–H and O–H groups in total. The molecule has 0 unspecified atom stereocenters. The molecule has 0 saturated heterocycles. The molecule has 174 valence electrons. The summed E-state index contributed by atoms with van der Waals surface area (Å²) < 4.78 is 54.0. The molecule has 33 heavy (non-hydrogen) atoms. The minimum Gasteiger partial charge on any atom is -0.356 e. The van der Waals surface area contributed by atoms with Crippen LogP contribution in [0, 0.1) is 15.9 Å². The second-order valence-electron chi connectivity index (χ2n) is 6.84. The number of benzene rings is 2. The molecule has 0 radical (unpaired) electrons. The van der Waals surface area contributed by atoms with Gasteiger partial charge in [0, 0.05) is 31.6 Å². The summed E-state index contributed by atoms with van der Waals surface area (Å²) in [5.41, 5.74) is -1.40. The Balaban J connectivity index is 1.98. The quantitative estimate of drug-likeness (QED) is 0.218. The second-order valence-corrected chi connectivity index (χ2v) is 7.85. The lowest BCUT2D eigenvalue weighted by molar-refractivity contribution is -0.388. The van der Waals surface area contributed by atoms with Crippen molar-refractivity contribution in [3.05, 3.63) is 69.8 Å². The molecule has 1 heterocycles. The standard InChI is InChI=1S/C20H17F4N5O3S/c1-12(30)25-10-2-3-18-26-27-19(28(18)15-7-5-14(21)6-8-15)33-17-9-4-13(20(22,23)24)11-16(17)29(31)32/h4-9,11H,2-3,10H2,1H3,(H,25,30). The van der Waals surface area contributed by atoms with Gasteiger partial charge in [0.25, 0.3) is 5.69 Å². The van der Waals surface area contributed by atoms with Crippen LogP contribution in [0.3, 0.4) is 0 Å². The van der Waals surface area contributed by atoms with Crippen LogP contribution >= 0.6 is 11.8 Å². The van der Waals surface area contributed by atoms with Gasteiger partial charge < -0.3 is 5.32 Å². The second kappa shape index (κ2) is 9.98. The summed E-state index contributed by atoms with van der Waals surface area (Å²) in [6.45, 7) is 1.76. The summed E-state index contributed by atoms with van der Waals surface area (Å²) in [6.07, 6.45) is -3.87. The van der Waals surface area contributed by atoms with Crippen LogP contribution in [0.2, 0.25) is 0 Å². The lowest BCUT2D eigenvalue weighted by Crippen LogP contribution is -2.21. The van der Waals surface area contributed by atoms with Gasteiger partial charge in [-0.15, -0.1) is 10.2 Å². The van der Waals surface area contributed by atoms with Crippen molar-refractivity contribution >= 4 is 23.4 Å². The van der Waals surface area contributed by atoms with E-state index in [4.69, 9.17) is 0 Å². The predicted octanol–water partition coefficient (Wildman–Crippen LogP) is 4.55. The number of aryl methyl sites for hydroxylation is 1. The zero-order valence-corrected chi connectivity index (χ0v) is 17.9. The van der Waals surface area contributed by atoms with Crippen molar-refractivity contribution in [3.8, 4) is 5.69 Å². The maximum atomic E-state index is 13.4. The molecule has 3 aromatic rings. The average molecular weight is 483 g/mol.